The van der Waals surface area contributed by atoms with E-state index in [1.54, 1.807) is 20.8 Å². The standard InChI is InChI=1S/C16H22N4O4/c1-16(2,3)24-15(23)19-11(13(21)22)9-17-14-18-10-7-5-6-8-12(10)20(14)4/h5-8,11H,9H2,1-4H3,(H,17,18)(H,19,23)(H,21,22)/t11-/m0/s1. The summed E-state index contributed by atoms with van der Waals surface area (Å²) < 4.78 is 6.90. The zero-order chi connectivity index (χ0) is 17.9. The van der Waals surface area contributed by atoms with E-state index in [1.165, 1.54) is 0 Å². The number of aromatic nitrogens is 2. The topological polar surface area (TPSA) is 105 Å². The number of amides is 1. The predicted octanol–water partition coefficient (Wildman–Crippen LogP) is 1.96. The zero-order valence-electron chi connectivity index (χ0n) is 14.2. The fourth-order valence-corrected chi connectivity index (χ4v) is 2.15. The van der Waals surface area contributed by atoms with Crippen LogP contribution in [0.15, 0.2) is 24.3 Å². The molecule has 1 aromatic carbocycles. The number of ether oxygens (including phenoxy) is 1. The molecular weight excluding hydrogens is 312 g/mol. The van der Waals surface area contributed by atoms with Gasteiger partial charge in [0.05, 0.1) is 11.0 Å². The van der Waals surface area contributed by atoms with E-state index in [0.717, 1.165) is 11.0 Å². The van der Waals surface area contributed by atoms with E-state index >= 15 is 0 Å². The summed E-state index contributed by atoms with van der Waals surface area (Å²) in [5.41, 5.74) is 1.03. The Hall–Kier alpha value is -2.77. The van der Waals surface area contributed by atoms with Gasteiger partial charge in [0.1, 0.15) is 11.6 Å². The maximum absolute atomic E-state index is 11.7. The Morgan fingerprint density at radius 1 is 1.33 bits per heavy atom. The third kappa shape index (κ3) is 4.37. The molecule has 3 N–H and O–H groups in total. The lowest BCUT2D eigenvalue weighted by molar-refractivity contribution is -0.139. The van der Waals surface area contributed by atoms with Crippen molar-refractivity contribution in [3.8, 4) is 0 Å². The minimum absolute atomic E-state index is 0.0221. The summed E-state index contributed by atoms with van der Waals surface area (Å²) >= 11 is 0. The summed E-state index contributed by atoms with van der Waals surface area (Å²) in [5.74, 6) is -0.638. The molecule has 1 atom stereocenters. The summed E-state index contributed by atoms with van der Waals surface area (Å²) in [6.45, 7) is 5.10. The Morgan fingerprint density at radius 3 is 2.58 bits per heavy atom. The maximum atomic E-state index is 11.7. The lowest BCUT2D eigenvalue weighted by Crippen LogP contribution is -2.47. The minimum Gasteiger partial charge on any atom is -0.480 e. The van der Waals surface area contributed by atoms with Crippen LogP contribution in [0.3, 0.4) is 0 Å². The van der Waals surface area contributed by atoms with E-state index < -0.39 is 23.7 Å². The maximum Gasteiger partial charge on any atom is 0.408 e. The van der Waals surface area contributed by atoms with Gasteiger partial charge < -0.3 is 25.0 Å². The highest BCUT2D eigenvalue weighted by Crippen LogP contribution is 2.17. The van der Waals surface area contributed by atoms with Gasteiger partial charge in [-0.2, -0.15) is 0 Å². The van der Waals surface area contributed by atoms with Crippen LogP contribution in [-0.4, -0.2) is 44.9 Å². The SMILES string of the molecule is Cn1c(NC[C@H](NC(=O)OC(C)(C)C)C(=O)O)nc2ccccc21. The van der Waals surface area contributed by atoms with Crippen molar-refractivity contribution in [1.29, 1.82) is 0 Å². The number of hydrogen-bond acceptors (Lipinski definition) is 5. The van der Waals surface area contributed by atoms with Gasteiger partial charge in [0.2, 0.25) is 5.95 Å². The van der Waals surface area contributed by atoms with Crippen molar-refractivity contribution in [2.24, 2.45) is 7.05 Å². The summed E-state index contributed by atoms with van der Waals surface area (Å²) in [6, 6.07) is 6.43. The first kappa shape index (κ1) is 17.6. The Bertz CT molecular complexity index is 748. The molecule has 1 amide bonds. The van der Waals surface area contributed by atoms with E-state index in [1.807, 2.05) is 35.9 Å². The van der Waals surface area contributed by atoms with Gasteiger partial charge in [0, 0.05) is 13.6 Å². The predicted molar refractivity (Wildman–Crippen MR) is 90.0 cm³/mol. The third-order valence-corrected chi connectivity index (χ3v) is 3.24. The van der Waals surface area contributed by atoms with Gasteiger partial charge >= 0.3 is 12.1 Å². The molecule has 1 heterocycles. The van der Waals surface area contributed by atoms with E-state index in [4.69, 9.17) is 4.74 Å². The zero-order valence-corrected chi connectivity index (χ0v) is 14.2. The number of hydrogen-bond donors (Lipinski definition) is 3. The Labute approximate surface area is 139 Å². The van der Waals surface area contributed by atoms with Gasteiger partial charge in [-0.1, -0.05) is 12.1 Å². The largest absolute Gasteiger partial charge is 0.480 e. The fraction of sp³-hybridized carbons (Fsp3) is 0.438. The molecule has 0 radical (unpaired) electrons. The second kappa shape index (κ2) is 6.77. The summed E-state index contributed by atoms with van der Waals surface area (Å²) in [4.78, 5) is 27.5. The highest BCUT2D eigenvalue weighted by molar-refractivity contribution is 5.81. The van der Waals surface area contributed by atoms with Crippen molar-refractivity contribution >= 4 is 29.0 Å². The normalized spacial score (nSPS) is 12.7. The number of fused-ring (bicyclic) bond motifs is 1. The number of carbonyl (C=O) groups excluding carboxylic acids is 1. The molecule has 0 aliphatic rings. The van der Waals surface area contributed by atoms with Crippen LogP contribution in [0.5, 0.6) is 0 Å². The molecule has 2 rings (SSSR count). The molecule has 1 aromatic heterocycles. The summed E-state index contributed by atoms with van der Waals surface area (Å²) in [7, 11) is 1.83. The number of carboxylic acid groups (broad SMARTS) is 1. The van der Waals surface area contributed by atoms with Crippen molar-refractivity contribution in [2.75, 3.05) is 11.9 Å². The number of nitrogens with one attached hydrogen (secondary N) is 2. The van der Waals surface area contributed by atoms with Crippen LogP contribution < -0.4 is 10.6 Å². The van der Waals surface area contributed by atoms with E-state index in [2.05, 4.69) is 15.6 Å². The second-order valence-electron chi connectivity index (χ2n) is 6.40. The number of anilines is 1. The first-order valence-electron chi connectivity index (χ1n) is 7.55. The quantitative estimate of drug-likeness (QED) is 0.772. The van der Waals surface area contributed by atoms with Gasteiger partial charge in [0.25, 0.3) is 0 Å². The summed E-state index contributed by atoms with van der Waals surface area (Å²) in [5, 5.41) is 14.6. The van der Waals surface area contributed by atoms with Gasteiger partial charge in [-0.25, -0.2) is 14.6 Å². The van der Waals surface area contributed by atoms with Crippen LogP contribution in [0.25, 0.3) is 11.0 Å². The molecule has 2 aromatic rings. The molecule has 0 saturated heterocycles. The van der Waals surface area contributed by atoms with Crippen molar-refractivity contribution in [1.82, 2.24) is 14.9 Å². The molecule has 0 bridgehead atoms. The van der Waals surface area contributed by atoms with Crippen molar-refractivity contribution in [2.45, 2.75) is 32.4 Å². The molecule has 0 fully saturated rings. The van der Waals surface area contributed by atoms with Gasteiger partial charge in [-0.05, 0) is 32.9 Å². The molecule has 24 heavy (non-hydrogen) atoms. The molecule has 8 nitrogen and oxygen atoms in total. The number of nitrogens with zero attached hydrogens (tertiary/aromatic N) is 2. The lowest BCUT2D eigenvalue weighted by atomic mass is 10.2. The minimum atomic E-state index is -1.16. The number of imidazole rings is 1. The molecule has 0 aliphatic carbocycles. The molecule has 8 heteroatoms. The highest BCUT2D eigenvalue weighted by Gasteiger charge is 2.24. The van der Waals surface area contributed by atoms with E-state index in [9.17, 15) is 14.7 Å². The first-order chi connectivity index (χ1) is 11.2. The number of benzene rings is 1. The number of para-hydroxylation sites is 2. The van der Waals surface area contributed by atoms with Crippen LogP contribution in [0.1, 0.15) is 20.8 Å². The molecule has 130 valence electrons. The third-order valence-electron chi connectivity index (χ3n) is 3.24. The van der Waals surface area contributed by atoms with Crippen molar-refractivity contribution in [3.63, 3.8) is 0 Å². The molecule has 0 aliphatic heterocycles. The Morgan fingerprint density at radius 2 is 2.00 bits per heavy atom. The van der Waals surface area contributed by atoms with Crippen LogP contribution in [0.4, 0.5) is 10.7 Å². The van der Waals surface area contributed by atoms with Crippen molar-refractivity contribution < 1.29 is 19.4 Å². The van der Waals surface area contributed by atoms with Gasteiger partial charge in [0.15, 0.2) is 0 Å². The van der Waals surface area contributed by atoms with Crippen LogP contribution in [0, 0.1) is 0 Å². The number of carboxylic acids is 1. The average molecular weight is 334 g/mol. The smallest absolute Gasteiger partial charge is 0.408 e. The molecule has 0 spiro atoms. The monoisotopic (exact) mass is 334 g/mol. The molecule has 0 saturated carbocycles. The number of aryl methyl sites for hydroxylation is 1. The van der Waals surface area contributed by atoms with Crippen molar-refractivity contribution in [3.05, 3.63) is 24.3 Å². The fourth-order valence-electron chi connectivity index (χ4n) is 2.15. The summed E-state index contributed by atoms with van der Waals surface area (Å²) in [6.07, 6.45) is -0.776. The average Bonchev–Trinajstić information content (AvgIpc) is 2.78. The van der Waals surface area contributed by atoms with Gasteiger partial charge in [-0.3, -0.25) is 0 Å². The van der Waals surface area contributed by atoms with Crippen LogP contribution in [0.2, 0.25) is 0 Å². The van der Waals surface area contributed by atoms with E-state index in [0.29, 0.717) is 5.95 Å². The number of carbonyl (C=O) groups is 2. The number of rotatable bonds is 5. The Balaban J connectivity index is 2.04. The van der Waals surface area contributed by atoms with Crippen LogP contribution in [-0.2, 0) is 16.6 Å². The molecular formula is C16H22N4O4. The first-order valence-corrected chi connectivity index (χ1v) is 7.55. The second-order valence-corrected chi connectivity index (χ2v) is 6.40. The van der Waals surface area contributed by atoms with Crippen LogP contribution >= 0.6 is 0 Å². The Kier molecular flexibility index (Phi) is 4.96. The number of aliphatic carboxylic acids is 1. The highest BCUT2D eigenvalue weighted by atomic mass is 16.6. The van der Waals surface area contributed by atoms with E-state index in [-0.39, 0.29) is 6.54 Å². The number of alkyl carbamates (subject to hydrolysis) is 1. The van der Waals surface area contributed by atoms with Gasteiger partial charge in [-0.15, -0.1) is 0 Å². The molecule has 0 unspecified atom stereocenters. The lowest BCUT2D eigenvalue weighted by Gasteiger charge is -2.22.